The first-order chi connectivity index (χ1) is 15.4. The van der Waals surface area contributed by atoms with E-state index in [0.717, 1.165) is 0 Å². The van der Waals surface area contributed by atoms with Gasteiger partial charge in [0.2, 0.25) is 0 Å². The van der Waals surface area contributed by atoms with E-state index >= 15 is 0 Å². The Morgan fingerprint density at radius 1 is 1.09 bits per heavy atom. The quantitative estimate of drug-likeness (QED) is 0.472. The molecular weight excluding hydrogens is 438 g/mol. The van der Waals surface area contributed by atoms with Crippen LogP contribution in [-0.2, 0) is 14.3 Å². The van der Waals surface area contributed by atoms with E-state index in [0.29, 0.717) is 35.8 Å². The largest absolute Gasteiger partial charge is 0.493 e. The monoisotopic (exact) mass is 461 g/mol. The lowest BCUT2D eigenvalue weighted by molar-refractivity contribution is -0.152. The molecule has 0 bridgehead atoms. The number of carbonyl (C=O) groups excluding carboxylic acids is 4. The minimum Gasteiger partial charge on any atom is -0.493 e. The van der Waals surface area contributed by atoms with Crippen molar-refractivity contribution in [2.24, 2.45) is 0 Å². The standard InChI is InChI=1S/C21H23N3O7S/c1-29-15-8-7-13(11-16(15)30-2)19(26)23-22-18(25)12-31-21(28)14-5-3-9-24(14)20(27)17-6-4-10-32-17/h4,6-8,10-11,14H,3,5,9,12H2,1-2H3,(H,22,25)(H,23,26)/t14-/m0/s1. The summed E-state index contributed by atoms with van der Waals surface area (Å²) >= 11 is 1.30. The average molecular weight is 461 g/mol. The average Bonchev–Trinajstić information content (AvgIpc) is 3.52. The summed E-state index contributed by atoms with van der Waals surface area (Å²) in [5, 5.41) is 1.79. The number of hydrazine groups is 1. The van der Waals surface area contributed by atoms with Crippen LogP contribution < -0.4 is 20.3 Å². The Bertz CT molecular complexity index is 993. The van der Waals surface area contributed by atoms with Gasteiger partial charge in [-0.05, 0) is 42.5 Å². The van der Waals surface area contributed by atoms with Crippen LogP contribution in [0.2, 0.25) is 0 Å². The SMILES string of the molecule is COc1ccc(C(=O)NNC(=O)COC(=O)[C@@H]2CCCN2C(=O)c2cccs2)cc1OC. The maximum absolute atomic E-state index is 12.5. The molecular formula is C21H23N3O7S. The molecule has 1 fully saturated rings. The highest BCUT2D eigenvalue weighted by Crippen LogP contribution is 2.27. The second-order valence-electron chi connectivity index (χ2n) is 6.81. The summed E-state index contributed by atoms with van der Waals surface area (Å²) in [7, 11) is 2.91. The highest BCUT2D eigenvalue weighted by atomic mass is 32.1. The molecule has 32 heavy (non-hydrogen) atoms. The number of hydrogen-bond acceptors (Lipinski definition) is 8. The first-order valence-corrected chi connectivity index (χ1v) is 10.6. The van der Waals surface area contributed by atoms with E-state index < -0.39 is 30.4 Å². The Morgan fingerprint density at radius 2 is 1.88 bits per heavy atom. The summed E-state index contributed by atoms with van der Waals surface area (Å²) in [6.07, 6.45) is 1.14. The maximum atomic E-state index is 12.5. The molecule has 1 aliphatic rings. The normalized spacial score (nSPS) is 15.1. The zero-order valence-corrected chi connectivity index (χ0v) is 18.4. The number of methoxy groups -OCH3 is 2. The lowest BCUT2D eigenvalue weighted by Crippen LogP contribution is -2.45. The predicted molar refractivity (Wildman–Crippen MR) is 114 cm³/mol. The van der Waals surface area contributed by atoms with Crippen molar-refractivity contribution >= 4 is 35.0 Å². The molecule has 0 radical (unpaired) electrons. The number of thiophene rings is 1. The molecule has 11 heteroatoms. The number of esters is 1. The van der Waals surface area contributed by atoms with Crippen LogP contribution in [0.1, 0.15) is 32.9 Å². The molecule has 1 aliphatic heterocycles. The van der Waals surface area contributed by atoms with Gasteiger partial charge < -0.3 is 19.1 Å². The molecule has 3 amide bonds. The van der Waals surface area contributed by atoms with E-state index in [-0.39, 0.29) is 11.5 Å². The number of likely N-dealkylation sites (tertiary alicyclic amines) is 1. The van der Waals surface area contributed by atoms with Crippen LogP contribution >= 0.6 is 11.3 Å². The fourth-order valence-corrected chi connectivity index (χ4v) is 3.92. The summed E-state index contributed by atoms with van der Waals surface area (Å²) in [6.45, 7) is -0.146. The molecule has 3 rings (SSSR count). The molecule has 170 valence electrons. The van der Waals surface area contributed by atoms with Crippen molar-refractivity contribution in [3.05, 3.63) is 46.2 Å². The zero-order valence-electron chi connectivity index (χ0n) is 17.6. The van der Waals surface area contributed by atoms with E-state index in [1.807, 2.05) is 0 Å². The zero-order chi connectivity index (χ0) is 23.1. The molecule has 10 nitrogen and oxygen atoms in total. The van der Waals surface area contributed by atoms with Gasteiger partial charge in [0, 0.05) is 12.1 Å². The molecule has 1 atom stereocenters. The number of carbonyl (C=O) groups is 4. The first-order valence-electron chi connectivity index (χ1n) is 9.77. The van der Waals surface area contributed by atoms with E-state index in [1.54, 1.807) is 23.6 Å². The van der Waals surface area contributed by atoms with Crippen molar-refractivity contribution in [1.82, 2.24) is 15.8 Å². The Morgan fingerprint density at radius 3 is 2.56 bits per heavy atom. The Labute approximate surface area is 188 Å². The van der Waals surface area contributed by atoms with Crippen molar-refractivity contribution in [1.29, 1.82) is 0 Å². The molecule has 0 aliphatic carbocycles. The predicted octanol–water partition coefficient (Wildman–Crippen LogP) is 1.37. The van der Waals surface area contributed by atoms with Crippen molar-refractivity contribution in [2.45, 2.75) is 18.9 Å². The first kappa shape index (κ1) is 23.1. The number of ether oxygens (including phenoxy) is 3. The molecule has 2 aromatic rings. The molecule has 1 saturated heterocycles. The van der Waals surface area contributed by atoms with Crippen LogP contribution in [0.3, 0.4) is 0 Å². The molecule has 0 spiro atoms. The van der Waals surface area contributed by atoms with Gasteiger partial charge in [-0.25, -0.2) is 4.79 Å². The highest BCUT2D eigenvalue weighted by Gasteiger charge is 2.36. The summed E-state index contributed by atoms with van der Waals surface area (Å²) < 4.78 is 15.3. The number of nitrogens with zero attached hydrogens (tertiary/aromatic N) is 1. The van der Waals surface area contributed by atoms with Gasteiger partial charge in [-0.15, -0.1) is 11.3 Å². The van der Waals surface area contributed by atoms with Crippen LogP contribution in [-0.4, -0.2) is 62.0 Å². The van der Waals surface area contributed by atoms with Crippen LogP contribution in [0, 0.1) is 0 Å². The molecule has 2 heterocycles. The fourth-order valence-electron chi connectivity index (χ4n) is 3.24. The van der Waals surface area contributed by atoms with Crippen LogP contribution in [0.25, 0.3) is 0 Å². The number of rotatable bonds is 7. The van der Waals surface area contributed by atoms with Gasteiger partial charge in [0.1, 0.15) is 6.04 Å². The van der Waals surface area contributed by atoms with E-state index in [1.165, 1.54) is 42.6 Å². The fraction of sp³-hybridized carbons (Fsp3) is 0.333. The van der Waals surface area contributed by atoms with Crippen molar-refractivity contribution in [3.63, 3.8) is 0 Å². The topological polar surface area (TPSA) is 123 Å². The number of benzene rings is 1. The van der Waals surface area contributed by atoms with Crippen molar-refractivity contribution in [2.75, 3.05) is 27.4 Å². The summed E-state index contributed by atoms with van der Waals surface area (Å²) in [4.78, 5) is 51.2. The molecule has 2 N–H and O–H groups in total. The summed E-state index contributed by atoms with van der Waals surface area (Å²) in [5.41, 5.74) is 4.65. The third-order valence-electron chi connectivity index (χ3n) is 4.82. The van der Waals surface area contributed by atoms with Crippen LogP contribution in [0.4, 0.5) is 0 Å². The molecule has 1 aromatic carbocycles. The number of amides is 3. The molecule has 0 saturated carbocycles. The molecule has 0 unspecified atom stereocenters. The van der Waals surface area contributed by atoms with Gasteiger partial charge in [0.25, 0.3) is 17.7 Å². The second-order valence-corrected chi connectivity index (χ2v) is 7.76. The van der Waals surface area contributed by atoms with E-state index in [2.05, 4.69) is 10.9 Å². The van der Waals surface area contributed by atoms with Crippen LogP contribution in [0.15, 0.2) is 35.7 Å². The van der Waals surface area contributed by atoms with Crippen molar-refractivity contribution in [3.8, 4) is 11.5 Å². The summed E-state index contributed by atoms with van der Waals surface area (Å²) in [5.74, 6) is -1.38. The Hall–Kier alpha value is -3.60. The number of nitrogens with one attached hydrogen (secondary N) is 2. The third-order valence-corrected chi connectivity index (χ3v) is 5.68. The summed E-state index contributed by atoms with van der Waals surface area (Å²) in [6, 6.07) is 7.24. The van der Waals surface area contributed by atoms with Gasteiger partial charge in [0.15, 0.2) is 18.1 Å². The van der Waals surface area contributed by atoms with Crippen molar-refractivity contribution < 1.29 is 33.4 Å². The van der Waals surface area contributed by atoms with E-state index in [9.17, 15) is 19.2 Å². The van der Waals surface area contributed by atoms with Crippen LogP contribution in [0.5, 0.6) is 11.5 Å². The maximum Gasteiger partial charge on any atom is 0.329 e. The highest BCUT2D eigenvalue weighted by molar-refractivity contribution is 7.12. The van der Waals surface area contributed by atoms with Gasteiger partial charge in [-0.3, -0.25) is 25.2 Å². The Kier molecular flexibility index (Phi) is 7.66. The Balaban J connectivity index is 1.47. The number of hydrogen-bond donors (Lipinski definition) is 2. The minimum atomic E-state index is -0.737. The smallest absolute Gasteiger partial charge is 0.329 e. The molecule has 1 aromatic heterocycles. The third kappa shape index (κ3) is 5.35. The minimum absolute atomic E-state index is 0.230. The lowest BCUT2D eigenvalue weighted by Gasteiger charge is -2.22. The van der Waals surface area contributed by atoms with E-state index in [4.69, 9.17) is 14.2 Å². The van der Waals surface area contributed by atoms with Gasteiger partial charge >= 0.3 is 5.97 Å². The van der Waals surface area contributed by atoms with Gasteiger partial charge in [0.05, 0.1) is 19.1 Å². The lowest BCUT2D eigenvalue weighted by atomic mass is 10.2. The van der Waals surface area contributed by atoms with Gasteiger partial charge in [-0.1, -0.05) is 6.07 Å². The van der Waals surface area contributed by atoms with Gasteiger partial charge in [-0.2, -0.15) is 0 Å². The second kappa shape index (κ2) is 10.6.